The average Bonchev–Trinajstić information content (AvgIpc) is 3.26. The SMILES string of the molecule is O=C(CN(Cc1ccco1)C(=O)c1sccc1Br)Nc1ccccc1. The molecule has 3 aromatic rings. The summed E-state index contributed by atoms with van der Waals surface area (Å²) in [5.74, 6) is 0.133. The number of carbonyl (C=O) groups excluding carboxylic acids is 2. The van der Waals surface area contributed by atoms with Crippen molar-refractivity contribution in [1.29, 1.82) is 0 Å². The summed E-state index contributed by atoms with van der Waals surface area (Å²) in [5, 5.41) is 4.62. The zero-order valence-electron chi connectivity index (χ0n) is 13.1. The van der Waals surface area contributed by atoms with Gasteiger partial charge < -0.3 is 14.6 Å². The molecule has 1 aromatic carbocycles. The molecule has 0 aliphatic heterocycles. The molecule has 2 heterocycles. The molecule has 0 fully saturated rings. The topological polar surface area (TPSA) is 62.6 Å². The van der Waals surface area contributed by atoms with Crippen molar-refractivity contribution in [2.24, 2.45) is 0 Å². The van der Waals surface area contributed by atoms with Gasteiger partial charge in [0.15, 0.2) is 0 Å². The largest absolute Gasteiger partial charge is 0.467 e. The van der Waals surface area contributed by atoms with E-state index in [0.717, 1.165) is 4.47 Å². The Morgan fingerprint density at radius 3 is 2.56 bits per heavy atom. The first kappa shape index (κ1) is 17.4. The van der Waals surface area contributed by atoms with Crippen LogP contribution in [0.2, 0.25) is 0 Å². The Kier molecular flexibility index (Phi) is 5.67. The molecular weight excluding hydrogens is 404 g/mol. The normalized spacial score (nSPS) is 10.4. The van der Waals surface area contributed by atoms with E-state index in [1.807, 2.05) is 29.6 Å². The highest BCUT2D eigenvalue weighted by Gasteiger charge is 2.23. The molecule has 0 spiro atoms. The monoisotopic (exact) mass is 418 g/mol. The fourth-order valence-electron chi connectivity index (χ4n) is 2.28. The minimum atomic E-state index is -0.265. The van der Waals surface area contributed by atoms with Gasteiger partial charge in [0.2, 0.25) is 5.91 Å². The van der Waals surface area contributed by atoms with Crippen molar-refractivity contribution >= 4 is 44.8 Å². The van der Waals surface area contributed by atoms with Crippen LogP contribution in [-0.2, 0) is 11.3 Å². The lowest BCUT2D eigenvalue weighted by Crippen LogP contribution is -2.37. The summed E-state index contributed by atoms with van der Waals surface area (Å²) in [6, 6.07) is 14.5. The first-order chi connectivity index (χ1) is 12.1. The predicted octanol–water partition coefficient (Wildman–Crippen LogP) is 4.38. The van der Waals surface area contributed by atoms with Crippen LogP contribution in [0.3, 0.4) is 0 Å². The van der Waals surface area contributed by atoms with E-state index in [4.69, 9.17) is 4.42 Å². The Hall–Kier alpha value is -2.38. The van der Waals surface area contributed by atoms with E-state index in [9.17, 15) is 9.59 Å². The van der Waals surface area contributed by atoms with Gasteiger partial charge in [0.25, 0.3) is 5.91 Å². The summed E-state index contributed by atoms with van der Waals surface area (Å²) in [4.78, 5) is 27.2. The number of thiophene rings is 1. The fourth-order valence-corrected chi connectivity index (χ4v) is 3.78. The number of anilines is 1. The lowest BCUT2D eigenvalue weighted by molar-refractivity contribution is -0.117. The molecule has 2 aromatic heterocycles. The minimum absolute atomic E-state index is 0.0707. The van der Waals surface area contributed by atoms with E-state index in [0.29, 0.717) is 16.3 Å². The molecule has 0 atom stereocenters. The number of hydrogen-bond acceptors (Lipinski definition) is 4. The Morgan fingerprint density at radius 2 is 1.92 bits per heavy atom. The molecule has 5 nitrogen and oxygen atoms in total. The maximum Gasteiger partial charge on any atom is 0.265 e. The summed E-state index contributed by atoms with van der Waals surface area (Å²) in [7, 11) is 0. The Morgan fingerprint density at radius 1 is 1.12 bits per heavy atom. The maximum atomic E-state index is 12.8. The maximum absolute atomic E-state index is 12.8. The van der Waals surface area contributed by atoms with Crippen LogP contribution in [-0.4, -0.2) is 23.3 Å². The Balaban J connectivity index is 1.75. The zero-order valence-corrected chi connectivity index (χ0v) is 15.5. The number of carbonyl (C=O) groups is 2. The van der Waals surface area contributed by atoms with E-state index in [2.05, 4.69) is 21.2 Å². The predicted molar refractivity (Wildman–Crippen MR) is 101 cm³/mol. The molecule has 0 aliphatic rings. The number of furan rings is 1. The van der Waals surface area contributed by atoms with Gasteiger partial charge in [-0.15, -0.1) is 11.3 Å². The first-order valence-electron chi connectivity index (χ1n) is 7.53. The van der Waals surface area contributed by atoms with Crippen molar-refractivity contribution in [3.05, 3.63) is 75.3 Å². The van der Waals surface area contributed by atoms with Gasteiger partial charge in [-0.05, 0) is 51.6 Å². The highest BCUT2D eigenvalue weighted by molar-refractivity contribution is 9.10. The number of nitrogens with zero attached hydrogens (tertiary/aromatic N) is 1. The van der Waals surface area contributed by atoms with Crippen LogP contribution >= 0.6 is 27.3 Å². The molecule has 0 unspecified atom stereocenters. The van der Waals surface area contributed by atoms with Gasteiger partial charge in [-0.25, -0.2) is 0 Å². The van der Waals surface area contributed by atoms with Crippen LogP contribution in [0.5, 0.6) is 0 Å². The van der Waals surface area contributed by atoms with E-state index in [1.165, 1.54) is 16.2 Å². The fraction of sp³-hybridized carbons (Fsp3) is 0.111. The van der Waals surface area contributed by atoms with E-state index >= 15 is 0 Å². The van der Waals surface area contributed by atoms with Crippen LogP contribution in [0, 0.1) is 0 Å². The second kappa shape index (κ2) is 8.13. The third-order valence-electron chi connectivity index (χ3n) is 3.42. The van der Waals surface area contributed by atoms with E-state index in [-0.39, 0.29) is 24.9 Å². The molecular formula is C18H15BrN2O3S. The molecule has 128 valence electrons. The van der Waals surface area contributed by atoms with Gasteiger partial charge in [0, 0.05) is 10.2 Å². The van der Waals surface area contributed by atoms with Crippen molar-refractivity contribution in [2.75, 3.05) is 11.9 Å². The van der Waals surface area contributed by atoms with Gasteiger partial charge >= 0.3 is 0 Å². The van der Waals surface area contributed by atoms with Crippen LogP contribution < -0.4 is 5.32 Å². The number of amides is 2. The van der Waals surface area contributed by atoms with Crippen LogP contribution in [0.25, 0.3) is 0 Å². The lowest BCUT2D eigenvalue weighted by atomic mass is 10.3. The van der Waals surface area contributed by atoms with Gasteiger partial charge in [0.1, 0.15) is 17.2 Å². The summed E-state index contributed by atoms with van der Waals surface area (Å²) in [6.45, 7) is 0.150. The highest BCUT2D eigenvalue weighted by Crippen LogP contribution is 2.25. The van der Waals surface area contributed by atoms with Crippen molar-refractivity contribution in [3.8, 4) is 0 Å². The third-order valence-corrected chi connectivity index (χ3v) is 5.24. The molecule has 0 aliphatic carbocycles. The highest BCUT2D eigenvalue weighted by atomic mass is 79.9. The smallest absolute Gasteiger partial charge is 0.265 e. The number of rotatable bonds is 6. The zero-order chi connectivity index (χ0) is 17.6. The minimum Gasteiger partial charge on any atom is -0.467 e. The number of benzene rings is 1. The van der Waals surface area contributed by atoms with Crippen molar-refractivity contribution in [1.82, 2.24) is 4.90 Å². The number of para-hydroxylation sites is 1. The van der Waals surface area contributed by atoms with E-state index < -0.39 is 0 Å². The standard InChI is InChI=1S/C18H15BrN2O3S/c19-15-8-10-25-17(15)18(23)21(11-14-7-4-9-24-14)12-16(22)20-13-5-2-1-3-6-13/h1-10H,11-12H2,(H,20,22). The van der Waals surface area contributed by atoms with Crippen LogP contribution in [0.15, 0.2) is 69.1 Å². The molecule has 3 rings (SSSR count). The molecule has 25 heavy (non-hydrogen) atoms. The quantitative estimate of drug-likeness (QED) is 0.645. The molecule has 7 heteroatoms. The van der Waals surface area contributed by atoms with Crippen LogP contribution in [0.4, 0.5) is 5.69 Å². The Bertz CT molecular complexity index is 846. The van der Waals surface area contributed by atoms with Crippen LogP contribution in [0.1, 0.15) is 15.4 Å². The molecule has 2 amide bonds. The number of nitrogens with one attached hydrogen (secondary N) is 1. The molecule has 0 radical (unpaired) electrons. The first-order valence-corrected chi connectivity index (χ1v) is 9.20. The average molecular weight is 419 g/mol. The number of halogens is 1. The summed E-state index contributed by atoms with van der Waals surface area (Å²) in [6.07, 6.45) is 1.54. The third kappa shape index (κ3) is 4.58. The molecule has 0 saturated carbocycles. The van der Waals surface area contributed by atoms with E-state index in [1.54, 1.807) is 30.5 Å². The van der Waals surface area contributed by atoms with Gasteiger partial charge in [-0.3, -0.25) is 9.59 Å². The van der Waals surface area contributed by atoms with Crippen molar-refractivity contribution in [2.45, 2.75) is 6.54 Å². The van der Waals surface area contributed by atoms with Gasteiger partial charge in [-0.2, -0.15) is 0 Å². The molecule has 0 bridgehead atoms. The van der Waals surface area contributed by atoms with Crippen molar-refractivity contribution in [3.63, 3.8) is 0 Å². The summed E-state index contributed by atoms with van der Waals surface area (Å²) >= 11 is 4.70. The molecule has 1 N–H and O–H groups in total. The van der Waals surface area contributed by atoms with Crippen molar-refractivity contribution < 1.29 is 14.0 Å². The lowest BCUT2D eigenvalue weighted by Gasteiger charge is -2.21. The second-order valence-corrected chi connectivity index (χ2v) is 7.02. The van der Waals surface area contributed by atoms with Gasteiger partial charge in [0.05, 0.1) is 12.8 Å². The second-order valence-electron chi connectivity index (χ2n) is 5.25. The number of hydrogen-bond donors (Lipinski definition) is 1. The van der Waals surface area contributed by atoms with Gasteiger partial charge in [-0.1, -0.05) is 18.2 Å². The summed E-state index contributed by atoms with van der Waals surface area (Å²) in [5.41, 5.74) is 0.690. The molecule has 0 saturated heterocycles. The summed E-state index contributed by atoms with van der Waals surface area (Å²) < 4.78 is 6.05. The Labute approximate surface area is 157 Å².